The van der Waals surface area contributed by atoms with E-state index in [0.29, 0.717) is 6.42 Å². The summed E-state index contributed by atoms with van der Waals surface area (Å²) in [5, 5.41) is 0. The molecular weight excluding hydrogens is 188 g/mol. The van der Waals surface area contributed by atoms with Crippen molar-refractivity contribution in [3.63, 3.8) is 0 Å². The predicted molar refractivity (Wildman–Crippen MR) is 60.5 cm³/mol. The van der Waals surface area contributed by atoms with Gasteiger partial charge in [-0.25, -0.2) is 0 Å². The third-order valence-corrected chi connectivity index (χ3v) is 2.44. The molecule has 1 amide bonds. The van der Waals surface area contributed by atoms with Crippen LogP contribution in [-0.2, 0) is 11.2 Å². The normalized spacial score (nSPS) is 10.0. The maximum Gasteiger partial charge on any atom is 0.222 e. The van der Waals surface area contributed by atoms with Crippen LogP contribution >= 0.6 is 0 Å². The van der Waals surface area contributed by atoms with Gasteiger partial charge in [0, 0.05) is 31.4 Å². The molecule has 0 aromatic carbocycles. The summed E-state index contributed by atoms with van der Waals surface area (Å²) in [6, 6.07) is 5.79. The average Bonchev–Trinajstić information content (AvgIpc) is 2.29. The van der Waals surface area contributed by atoms with Crippen LogP contribution in [0.3, 0.4) is 0 Å². The van der Waals surface area contributed by atoms with E-state index >= 15 is 0 Å². The van der Waals surface area contributed by atoms with E-state index < -0.39 is 0 Å². The zero-order valence-corrected chi connectivity index (χ0v) is 9.44. The lowest BCUT2D eigenvalue weighted by atomic mass is 10.2. The molecule has 0 aliphatic rings. The van der Waals surface area contributed by atoms with Crippen LogP contribution in [0.15, 0.2) is 24.4 Å². The Kier molecular flexibility index (Phi) is 4.81. The number of hydrogen-bond acceptors (Lipinski definition) is 2. The van der Waals surface area contributed by atoms with Gasteiger partial charge in [-0.3, -0.25) is 9.78 Å². The minimum Gasteiger partial charge on any atom is -0.343 e. The first-order valence-electron chi connectivity index (χ1n) is 5.45. The quantitative estimate of drug-likeness (QED) is 0.737. The fourth-order valence-corrected chi connectivity index (χ4v) is 1.52. The molecule has 0 aliphatic heterocycles. The maximum atomic E-state index is 11.7. The van der Waals surface area contributed by atoms with E-state index in [1.54, 1.807) is 6.20 Å². The van der Waals surface area contributed by atoms with E-state index in [4.69, 9.17) is 0 Å². The molecular formula is C12H18N2O. The largest absolute Gasteiger partial charge is 0.343 e. The maximum absolute atomic E-state index is 11.7. The van der Waals surface area contributed by atoms with Gasteiger partial charge in [-0.1, -0.05) is 6.07 Å². The summed E-state index contributed by atoms with van der Waals surface area (Å²) in [4.78, 5) is 17.7. The smallest absolute Gasteiger partial charge is 0.222 e. The molecule has 0 atom stereocenters. The zero-order chi connectivity index (χ0) is 11.1. The molecule has 0 bridgehead atoms. The number of rotatable bonds is 5. The van der Waals surface area contributed by atoms with Crippen molar-refractivity contribution in [2.75, 3.05) is 13.1 Å². The van der Waals surface area contributed by atoms with Gasteiger partial charge in [-0.15, -0.1) is 0 Å². The number of aryl methyl sites for hydroxylation is 1. The second-order valence-electron chi connectivity index (χ2n) is 3.39. The molecule has 1 heterocycles. The third kappa shape index (κ3) is 3.70. The SMILES string of the molecule is CCN(CC)C(=O)CCc1ccccn1. The first-order chi connectivity index (χ1) is 7.27. The van der Waals surface area contributed by atoms with Gasteiger partial charge in [0.2, 0.25) is 5.91 Å². The van der Waals surface area contributed by atoms with Crippen molar-refractivity contribution < 1.29 is 4.79 Å². The molecule has 3 heteroatoms. The fourth-order valence-electron chi connectivity index (χ4n) is 1.52. The Bertz CT molecular complexity index is 294. The van der Waals surface area contributed by atoms with Gasteiger partial charge in [-0.05, 0) is 32.4 Å². The van der Waals surface area contributed by atoms with E-state index in [9.17, 15) is 4.79 Å². The lowest BCUT2D eigenvalue weighted by molar-refractivity contribution is -0.130. The third-order valence-electron chi connectivity index (χ3n) is 2.44. The van der Waals surface area contributed by atoms with Gasteiger partial charge >= 0.3 is 0 Å². The zero-order valence-electron chi connectivity index (χ0n) is 9.44. The van der Waals surface area contributed by atoms with Crippen LogP contribution in [0.5, 0.6) is 0 Å². The van der Waals surface area contributed by atoms with Crippen molar-refractivity contribution in [2.45, 2.75) is 26.7 Å². The van der Waals surface area contributed by atoms with Crippen molar-refractivity contribution in [2.24, 2.45) is 0 Å². The summed E-state index contributed by atoms with van der Waals surface area (Å²) in [7, 11) is 0. The Morgan fingerprint density at radius 3 is 2.60 bits per heavy atom. The first kappa shape index (κ1) is 11.7. The van der Waals surface area contributed by atoms with E-state index in [2.05, 4.69) is 4.98 Å². The molecule has 82 valence electrons. The number of hydrogen-bond donors (Lipinski definition) is 0. The molecule has 0 unspecified atom stereocenters. The number of nitrogens with zero attached hydrogens (tertiary/aromatic N) is 2. The lowest BCUT2D eigenvalue weighted by Gasteiger charge is -2.18. The summed E-state index contributed by atoms with van der Waals surface area (Å²) in [5.41, 5.74) is 0.984. The number of aromatic nitrogens is 1. The van der Waals surface area contributed by atoms with Gasteiger partial charge in [-0.2, -0.15) is 0 Å². The number of amides is 1. The molecule has 1 aromatic heterocycles. The number of pyridine rings is 1. The molecule has 0 spiro atoms. The minimum absolute atomic E-state index is 0.214. The fraction of sp³-hybridized carbons (Fsp3) is 0.500. The summed E-state index contributed by atoms with van der Waals surface area (Å²) in [6.07, 6.45) is 3.05. The second kappa shape index (κ2) is 6.17. The molecule has 0 saturated heterocycles. The Morgan fingerprint density at radius 1 is 1.33 bits per heavy atom. The lowest BCUT2D eigenvalue weighted by Crippen LogP contribution is -2.30. The molecule has 1 aromatic rings. The summed E-state index contributed by atoms with van der Waals surface area (Å²) in [5.74, 6) is 0.214. The van der Waals surface area contributed by atoms with Gasteiger partial charge in [0.1, 0.15) is 0 Å². The molecule has 0 N–H and O–H groups in total. The predicted octanol–water partition coefficient (Wildman–Crippen LogP) is 1.88. The van der Waals surface area contributed by atoms with Crippen molar-refractivity contribution in [3.8, 4) is 0 Å². The minimum atomic E-state index is 0.214. The van der Waals surface area contributed by atoms with E-state index in [-0.39, 0.29) is 5.91 Å². The summed E-state index contributed by atoms with van der Waals surface area (Å²) < 4.78 is 0. The monoisotopic (exact) mass is 206 g/mol. The molecule has 1 rings (SSSR count). The van der Waals surface area contributed by atoms with E-state index in [1.807, 2.05) is 36.9 Å². The summed E-state index contributed by atoms with van der Waals surface area (Å²) in [6.45, 7) is 5.58. The van der Waals surface area contributed by atoms with E-state index in [1.165, 1.54) is 0 Å². The second-order valence-corrected chi connectivity index (χ2v) is 3.39. The van der Waals surface area contributed by atoms with Crippen LogP contribution < -0.4 is 0 Å². The van der Waals surface area contributed by atoms with Crippen LogP contribution in [0.1, 0.15) is 26.0 Å². The number of carbonyl (C=O) groups excluding carboxylic acids is 1. The van der Waals surface area contributed by atoms with Crippen molar-refractivity contribution in [1.29, 1.82) is 0 Å². The Balaban J connectivity index is 2.40. The Morgan fingerprint density at radius 2 is 2.07 bits per heavy atom. The number of carbonyl (C=O) groups is 1. The van der Waals surface area contributed by atoms with Crippen LogP contribution in [0.25, 0.3) is 0 Å². The highest BCUT2D eigenvalue weighted by molar-refractivity contribution is 5.76. The molecule has 0 saturated carbocycles. The molecule has 15 heavy (non-hydrogen) atoms. The molecule has 3 nitrogen and oxygen atoms in total. The highest BCUT2D eigenvalue weighted by atomic mass is 16.2. The van der Waals surface area contributed by atoms with Crippen molar-refractivity contribution in [1.82, 2.24) is 9.88 Å². The average molecular weight is 206 g/mol. The highest BCUT2D eigenvalue weighted by Crippen LogP contribution is 2.01. The van der Waals surface area contributed by atoms with Crippen LogP contribution in [0.4, 0.5) is 0 Å². The van der Waals surface area contributed by atoms with Crippen LogP contribution in [0.2, 0.25) is 0 Å². The van der Waals surface area contributed by atoms with Crippen molar-refractivity contribution >= 4 is 5.91 Å². The molecule has 0 fully saturated rings. The first-order valence-corrected chi connectivity index (χ1v) is 5.45. The standard InChI is InChI=1S/C12H18N2O/c1-3-14(4-2)12(15)9-8-11-7-5-6-10-13-11/h5-7,10H,3-4,8-9H2,1-2H3. The van der Waals surface area contributed by atoms with Gasteiger partial charge in [0.05, 0.1) is 0 Å². The van der Waals surface area contributed by atoms with Gasteiger partial charge < -0.3 is 4.90 Å². The molecule has 0 radical (unpaired) electrons. The Labute approximate surface area is 91.1 Å². The summed E-state index contributed by atoms with van der Waals surface area (Å²) >= 11 is 0. The van der Waals surface area contributed by atoms with Gasteiger partial charge in [0.25, 0.3) is 0 Å². The topological polar surface area (TPSA) is 33.2 Å². The highest BCUT2D eigenvalue weighted by Gasteiger charge is 2.09. The van der Waals surface area contributed by atoms with E-state index in [0.717, 1.165) is 25.2 Å². The van der Waals surface area contributed by atoms with Crippen LogP contribution in [0, 0.1) is 0 Å². The van der Waals surface area contributed by atoms with Crippen molar-refractivity contribution in [3.05, 3.63) is 30.1 Å². The van der Waals surface area contributed by atoms with Crippen LogP contribution in [-0.4, -0.2) is 28.9 Å². The van der Waals surface area contributed by atoms with Gasteiger partial charge in [0.15, 0.2) is 0 Å². The Hall–Kier alpha value is -1.38. The molecule has 0 aliphatic carbocycles.